The third-order valence-electron chi connectivity index (χ3n) is 3.03. The predicted octanol–water partition coefficient (Wildman–Crippen LogP) is 2.83. The van der Waals surface area contributed by atoms with Crippen LogP contribution in [0.4, 0.5) is 0 Å². The van der Waals surface area contributed by atoms with Gasteiger partial charge < -0.3 is 5.73 Å². The van der Waals surface area contributed by atoms with Crippen LogP contribution in [-0.2, 0) is 16.2 Å². The Morgan fingerprint density at radius 3 is 1.94 bits per heavy atom. The maximum absolute atomic E-state index is 12.2. The zero-order valence-corrected chi connectivity index (χ0v) is 12.2. The number of hydrogen-bond donors (Lipinski definition) is 1. The molecule has 3 heteroatoms. The molecule has 2 nitrogen and oxygen atoms in total. The lowest BCUT2D eigenvalue weighted by molar-refractivity contribution is 0.589. The summed E-state index contributed by atoms with van der Waals surface area (Å²) in [6, 6.07) is 7.96. The molecule has 0 aliphatic heterocycles. The van der Waals surface area contributed by atoms with Crippen LogP contribution in [0.15, 0.2) is 29.2 Å². The summed E-state index contributed by atoms with van der Waals surface area (Å²) in [5.41, 5.74) is 7.17. The van der Waals surface area contributed by atoms with Crippen molar-refractivity contribution in [3.8, 4) is 0 Å². The molecule has 2 N–H and O–H groups in total. The first-order chi connectivity index (χ1) is 7.73. The molecule has 3 atom stereocenters. The minimum atomic E-state index is -1.02. The maximum atomic E-state index is 12.2. The maximum Gasteiger partial charge on any atom is 0.0573 e. The van der Waals surface area contributed by atoms with E-state index in [1.54, 1.807) is 0 Å². The molecule has 1 rings (SSSR count). The van der Waals surface area contributed by atoms with E-state index in [2.05, 4.69) is 32.9 Å². The molecular formula is C14H23NOS. The average Bonchev–Trinajstić information content (AvgIpc) is 2.26. The van der Waals surface area contributed by atoms with Crippen LogP contribution in [0, 0.1) is 0 Å². The first-order valence-corrected chi connectivity index (χ1v) is 7.21. The molecule has 0 fully saturated rings. The van der Waals surface area contributed by atoms with E-state index in [-0.39, 0.29) is 16.7 Å². The Bertz CT molecular complexity index is 390. The van der Waals surface area contributed by atoms with E-state index in [0.29, 0.717) is 0 Å². The van der Waals surface area contributed by atoms with E-state index in [9.17, 15) is 4.21 Å². The highest BCUT2D eigenvalue weighted by atomic mass is 32.2. The van der Waals surface area contributed by atoms with Gasteiger partial charge in [-0.25, -0.2) is 0 Å². The minimum absolute atomic E-state index is 0.0181. The SMILES string of the molecule is CC(N)C(C)S(=O)c1ccc(C(C)(C)C)cc1. The van der Waals surface area contributed by atoms with Crippen LogP contribution in [0.5, 0.6) is 0 Å². The van der Waals surface area contributed by atoms with Crippen LogP contribution < -0.4 is 5.73 Å². The third-order valence-corrected chi connectivity index (χ3v) is 4.87. The first-order valence-electron chi connectivity index (χ1n) is 6.00. The summed E-state index contributed by atoms with van der Waals surface area (Å²) in [4.78, 5) is 0.864. The Morgan fingerprint density at radius 1 is 1.12 bits per heavy atom. The fourth-order valence-corrected chi connectivity index (χ4v) is 2.72. The van der Waals surface area contributed by atoms with Gasteiger partial charge in [0, 0.05) is 10.9 Å². The van der Waals surface area contributed by atoms with Crippen molar-refractivity contribution < 1.29 is 4.21 Å². The van der Waals surface area contributed by atoms with Gasteiger partial charge in [-0.05, 0) is 37.0 Å². The summed E-state index contributed by atoms with van der Waals surface area (Å²) in [5, 5.41) is -0.0181. The molecular weight excluding hydrogens is 230 g/mol. The van der Waals surface area contributed by atoms with Crippen LogP contribution in [0.2, 0.25) is 0 Å². The van der Waals surface area contributed by atoms with Gasteiger partial charge in [0.25, 0.3) is 0 Å². The zero-order valence-electron chi connectivity index (χ0n) is 11.4. The number of benzene rings is 1. The van der Waals surface area contributed by atoms with Crippen molar-refractivity contribution in [2.75, 3.05) is 0 Å². The Balaban J connectivity index is 2.92. The van der Waals surface area contributed by atoms with Gasteiger partial charge in [0.15, 0.2) is 0 Å². The lowest BCUT2D eigenvalue weighted by atomic mass is 9.87. The molecule has 0 bridgehead atoms. The molecule has 0 heterocycles. The van der Waals surface area contributed by atoms with Gasteiger partial charge in [0.05, 0.1) is 16.0 Å². The summed E-state index contributed by atoms with van der Waals surface area (Å²) in [6.07, 6.45) is 0. The molecule has 1 aromatic carbocycles. The molecule has 0 saturated carbocycles. The lowest BCUT2D eigenvalue weighted by Gasteiger charge is -2.20. The van der Waals surface area contributed by atoms with E-state index in [1.165, 1.54) is 5.56 Å². The van der Waals surface area contributed by atoms with Gasteiger partial charge in [-0.3, -0.25) is 4.21 Å². The second-order valence-electron chi connectivity index (χ2n) is 5.64. The number of nitrogens with two attached hydrogens (primary N) is 1. The summed E-state index contributed by atoms with van der Waals surface area (Å²) in [6.45, 7) is 10.3. The average molecular weight is 253 g/mol. The monoisotopic (exact) mass is 253 g/mol. The fraction of sp³-hybridized carbons (Fsp3) is 0.571. The van der Waals surface area contributed by atoms with Gasteiger partial charge in [-0.15, -0.1) is 0 Å². The van der Waals surface area contributed by atoms with Crippen LogP contribution >= 0.6 is 0 Å². The molecule has 0 aromatic heterocycles. The Labute approximate surface area is 107 Å². The quantitative estimate of drug-likeness (QED) is 0.900. The summed E-state index contributed by atoms with van der Waals surface area (Å²) in [7, 11) is -1.02. The minimum Gasteiger partial charge on any atom is -0.327 e. The van der Waals surface area contributed by atoms with Crippen molar-refractivity contribution in [1.82, 2.24) is 0 Å². The Kier molecular flexibility index (Phi) is 4.50. The second-order valence-corrected chi connectivity index (χ2v) is 7.45. The third kappa shape index (κ3) is 3.65. The van der Waals surface area contributed by atoms with Crippen molar-refractivity contribution in [3.63, 3.8) is 0 Å². The van der Waals surface area contributed by atoms with Crippen molar-refractivity contribution in [1.29, 1.82) is 0 Å². The van der Waals surface area contributed by atoms with Crippen LogP contribution in [0.1, 0.15) is 40.2 Å². The molecule has 1 aromatic rings. The molecule has 3 unspecified atom stereocenters. The molecule has 96 valence electrons. The lowest BCUT2D eigenvalue weighted by Crippen LogP contribution is -2.32. The molecule has 0 amide bonds. The molecule has 0 aliphatic rings. The summed E-state index contributed by atoms with van der Waals surface area (Å²) in [5.74, 6) is 0. The van der Waals surface area contributed by atoms with Gasteiger partial charge in [0.1, 0.15) is 0 Å². The largest absolute Gasteiger partial charge is 0.327 e. The topological polar surface area (TPSA) is 43.1 Å². The highest BCUT2D eigenvalue weighted by Crippen LogP contribution is 2.23. The zero-order chi connectivity index (χ0) is 13.2. The Morgan fingerprint density at radius 2 is 1.59 bits per heavy atom. The molecule has 17 heavy (non-hydrogen) atoms. The molecule has 0 saturated heterocycles. The Hall–Kier alpha value is -0.670. The van der Waals surface area contributed by atoms with E-state index >= 15 is 0 Å². The second kappa shape index (κ2) is 5.32. The van der Waals surface area contributed by atoms with Crippen LogP contribution in [-0.4, -0.2) is 15.5 Å². The van der Waals surface area contributed by atoms with Crippen molar-refractivity contribution in [2.24, 2.45) is 5.73 Å². The number of rotatable bonds is 3. The normalized spacial score (nSPS) is 17.5. The standard InChI is InChI=1S/C14H23NOS/c1-10(15)11(2)17(16)13-8-6-12(7-9-13)14(3,4)5/h6-11H,15H2,1-5H3. The van der Waals surface area contributed by atoms with E-state index < -0.39 is 10.8 Å². The van der Waals surface area contributed by atoms with E-state index in [0.717, 1.165) is 4.90 Å². The van der Waals surface area contributed by atoms with E-state index in [4.69, 9.17) is 5.73 Å². The molecule has 0 aliphatic carbocycles. The summed E-state index contributed by atoms with van der Waals surface area (Å²) >= 11 is 0. The summed E-state index contributed by atoms with van der Waals surface area (Å²) < 4.78 is 12.2. The van der Waals surface area contributed by atoms with Gasteiger partial charge in [-0.1, -0.05) is 32.9 Å². The van der Waals surface area contributed by atoms with Crippen molar-refractivity contribution in [2.45, 2.75) is 56.2 Å². The van der Waals surface area contributed by atoms with E-state index in [1.807, 2.05) is 26.0 Å². The van der Waals surface area contributed by atoms with Crippen molar-refractivity contribution >= 4 is 10.8 Å². The molecule has 0 spiro atoms. The van der Waals surface area contributed by atoms with Gasteiger partial charge in [0.2, 0.25) is 0 Å². The van der Waals surface area contributed by atoms with Gasteiger partial charge in [-0.2, -0.15) is 0 Å². The molecule has 0 radical (unpaired) electrons. The smallest absolute Gasteiger partial charge is 0.0573 e. The highest BCUT2D eigenvalue weighted by molar-refractivity contribution is 7.85. The van der Waals surface area contributed by atoms with Crippen LogP contribution in [0.25, 0.3) is 0 Å². The number of hydrogen-bond acceptors (Lipinski definition) is 2. The highest BCUT2D eigenvalue weighted by Gasteiger charge is 2.18. The van der Waals surface area contributed by atoms with Crippen molar-refractivity contribution in [3.05, 3.63) is 29.8 Å². The van der Waals surface area contributed by atoms with Gasteiger partial charge >= 0.3 is 0 Å². The van der Waals surface area contributed by atoms with Crippen LogP contribution in [0.3, 0.4) is 0 Å². The first kappa shape index (κ1) is 14.4. The fourth-order valence-electron chi connectivity index (χ4n) is 1.50. The predicted molar refractivity (Wildman–Crippen MR) is 74.7 cm³/mol.